The summed E-state index contributed by atoms with van der Waals surface area (Å²) in [6.07, 6.45) is 4.70. The number of nitrogens with zero attached hydrogens (tertiary/aromatic N) is 3. The second-order valence-electron chi connectivity index (χ2n) is 7.00. The van der Waals surface area contributed by atoms with E-state index >= 15 is 0 Å². The highest BCUT2D eigenvalue weighted by Gasteiger charge is 2.37. The molecule has 0 saturated carbocycles. The van der Waals surface area contributed by atoms with E-state index in [0.717, 1.165) is 56.8 Å². The first-order chi connectivity index (χ1) is 11.6. The molecular weight excluding hydrogens is 304 g/mol. The molecule has 3 rings (SSSR count). The summed E-state index contributed by atoms with van der Waals surface area (Å²) in [6, 6.07) is 3.98. The second-order valence-corrected chi connectivity index (χ2v) is 7.00. The largest absolute Gasteiger partial charge is 0.365 e. The molecule has 0 unspecified atom stereocenters. The number of carbonyl (C=O) groups excluding carboxylic acids is 1. The maximum absolute atomic E-state index is 12.4. The van der Waals surface area contributed by atoms with E-state index in [0.29, 0.717) is 13.2 Å². The summed E-state index contributed by atoms with van der Waals surface area (Å²) in [4.78, 5) is 21.7. The third-order valence-corrected chi connectivity index (χ3v) is 5.03. The van der Waals surface area contributed by atoms with Crippen molar-refractivity contribution in [3.63, 3.8) is 0 Å². The monoisotopic (exact) mass is 332 g/mol. The zero-order valence-electron chi connectivity index (χ0n) is 14.8. The standard InChI is InChI=1S/C18H28N4O2/c1-18(7-4-13-24-18)17(23)20-14-15-6-3-8-19-16(15)22-10-5-9-21(2)11-12-22/h3,6,8H,4-5,7,9-14H2,1-2H3,(H,20,23)/t18-/m0/s1. The highest BCUT2D eigenvalue weighted by molar-refractivity contribution is 5.85. The molecule has 6 heteroatoms. The van der Waals surface area contributed by atoms with Crippen LogP contribution in [0.5, 0.6) is 0 Å². The third-order valence-electron chi connectivity index (χ3n) is 5.03. The molecule has 2 fully saturated rings. The summed E-state index contributed by atoms with van der Waals surface area (Å²) in [5.74, 6) is 0.969. The van der Waals surface area contributed by atoms with Gasteiger partial charge in [0.25, 0.3) is 5.91 Å². The molecule has 0 aliphatic carbocycles. The molecule has 0 spiro atoms. The van der Waals surface area contributed by atoms with Gasteiger partial charge in [-0.2, -0.15) is 0 Å². The molecule has 132 valence electrons. The molecule has 0 aromatic carbocycles. The van der Waals surface area contributed by atoms with Crippen molar-refractivity contribution in [3.05, 3.63) is 23.9 Å². The molecule has 1 atom stereocenters. The Bertz CT molecular complexity index is 572. The van der Waals surface area contributed by atoms with Gasteiger partial charge >= 0.3 is 0 Å². The zero-order chi connectivity index (χ0) is 17.0. The minimum absolute atomic E-state index is 0.0228. The first kappa shape index (κ1) is 17.2. The SMILES string of the molecule is CN1CCCN(c2ncccc2CNC(=O)[C@]2(C)CCCO2)CC1. The summed E-state index contributed by atoms with van der Waals surface area (Å²) in [7, 11) is 2.16. The number of carbonyl (C=O) groups is 1. The lowest BCUT2D eigenvalue weighted by Crippen LogP contribution is -2.43. The molecule has 24 heavy (non-hydrogen) atoms. The Labute approximate surface area is 144 Å². The normalized spacial score (nSPS) is 25.5. The second kappa shape index (κ2) is 7.49. The molecule has 1 aromatic rings. The zero-order valence-corrected chi connectivity index (χ0v) is 14.8. The molecule has 1 aromatic heterocycles. The lowest BCUT2D eigenvalue weighted by molar-refractivity contribution is -0.139. The molecule has 2 aliphatic heterocycles. The smallest absolute Gasteiger partial charge is 0.252 e. The molecule has 0 radical (unpaired) electrons. The van der Waals surface area contributed by atoms with Gasteiger partial charge < -0.3 is 19.9 Å². The van der Waals surface area contributed by atoms with Crippen LogP contribution in [0.2, 0.25) is 0 Å². The van der Waals surface area contributed by atoms with Crippen molar-refractivity contribution in [1.29, 1.82) is 0 Å². The Kier molecular flexibility index (Phi) is 5.36. The number of ether oxygens (including phenoxy) is 1. The highest BCUT2D eigenvalue weighted by Crippen LogP contribution is 2.25. The van der Waals surface area contributed by atoms with E-state index in [2.05, 4.69) is 33.2 Å². The van der Waals surface area contributed by atoms with E-state index in [1.807, 2.05) is 19.2 Å². The Morgan fingerprint density at radius 3 is 3.00 bits per heavy atom. The molecule has 6 nitrogen and oxygen atoms in total. The predicted octanol–water partition coefficient (Wildman–Crippen LogP) is 1.41. The fourth-order valence-electron chi connectivity index (χ4n) is 3.43. The summed E-state index contributed by atoms with van der Waals surface area (Å²) < 4.78 is 5.62. The lowest BCUT2D eigenvalue weighted by atomic mass is 10.0. The minimum atomic E-state index is -0.673. The van der Waals surface area contributed by atoms with Gasteiger partial charge in [-0.25, -0.2) is 4.98 Å². The van der Waals surface area contributed by atoms with Crippen LogP contribution in [-0.2, 0) is 16.1 Å². The maximum Gasteiger partial charge on any atom is 0.252 e. The van der Waals surface area contributed by atoms with E-state index < -0.39 is 5.60 Å². The van der Waals surface area contributed by atoms with Gasteiger partial charge in [-0.05, 0) is 45.8 Å². The van der Waals surface area contributed by atoms with Crippen LogP contribution in [0.15, 0.2) is 18.3 Å². The van der Waals surface area contributed by atoms with Crippen LogP contribution in [-0.4, -0.2) is 61.2 Å². The van der Waals surface area contributed by atoms with Gasteiger partial charge in [0.1, 0.15) is 11.4 Å². The van der Waals surface area contributed by atoms with Gasteiger partial charge in [0.05, 0.1) is 0 Å². The third kappa shape index (κ3) is 3.87. The Morgan fingerprint density at radius 2 is 2.21 bits per heavy atom. The number of rotatable bonds is 4. The minimum Gasteiger partial charge on any atom is -0.365 e. The summed E-state index contributed by atoms with van der Waals surface area (Å²) in [6.45, 7) is 7.17. The van der Waals surface area contributed by atoms with E-state index in [-0.39, 0.29) is 5.91 Å². The summed E-state index contributed by atoms with van der Waals surface area (Å²) in [5, 5.41) is 3.04. The number of hydrogen-bond donors (Lipinski definition) is 1. The van der Waals surface area contributed by atoms with Gasteiger partial charge in [0.2, 0.25) is 0 Å². The summed E-state index contributed by atoms with van der Waals surface area (Å²) in [5.41, 5.74) is 0.394. The first-order valence-corrected chi connectivity index (χ1v) is 8.88. The average Bonchev–Trinajstić information content (AvgIpc) is 2.92. The maximum atomic E-state index is 12.4. The lowest BCUT2D eigenvalue weighted by Gasteiger charge is -2.25. The summed E-state index contributed by atoms with van der Waals surface area (Å²) >= 11 is 0. The van der Waals surface area contributed by atoms with Crippen LogP contribution in [0.1, 0.15) is 31.7 Å². The van der Waals surface area contributed by atoms with Crippen molar-refractivity contribution in [2.24, 2.45) is 0 Å². The number of aromatic nitrogens is 1. The fraction of sp³-hybridized carbons (Fsp3) is 0.667. The van der Waals surface area contributed by atoms with E-state index in [1.54, 1.807) is 0 Å². The molecule has 1 amide bonds. The highest BCUT2D eigenvalue weighted by atomic mass is 16.5. The van der Waals surface area contributed by atoms with Crippen molar-refractivity contribution in [3.8, 4) is 0 Å². The van der Waals surface area contributed by atoms with Crippen LogP contribution in [0.25, 0.3) is 0 Å². The van der Waals surface area contributed by atoms with Gasteiger partial charge in [-0.1, -0.05) is 6.07 Å². The molecule has 0 bridgehead atoms. The Balaban J connectivity index is 1.66. The van der Waals surface area contributed by atoms with Gasteiger partial charge in [-0.3, -0.25) is 4.79 Å². The molecule has 1 N–H and O–H groups in total. The first-order valence-electron chi connectivity index (χ1n) is 8.88. The van der Waals surface area contributed by atoms with Crippen LogP contribution in [0, 0.1) is 0 Å². The van der Waals surface area contributed by atoms with Crippen LogP contribution in [0.3, 0.4) is 0 Å². The number of amides is 1. The van der Waals surface area contributed by atoms with E-state index in [1.165, 1.54) is 0 Å². The van der Waals surface area contributed by atoms with Crippen molar-refractivity contribution in [1.82, 2.24) is 15.2 Å². The van der Waals surface area contributed by atoms with Gasteiger partial charge in [0.15, 0.2) is 0 Å². The van der Waals surface area contributed by atoms with Gasteiger partial charge in [0, 0.05) is 44.5 Å². The molecule has 3 heterocycles. The number of pyridine rings is 1. The van der Waals surface area contributed by atoms with Crippen molar-refractivity contribution in [2.45, 2.75) is 38.3 Å². The van der Waals surface area contributed by atoms with Crippen LogP contribution >= 0.6 is 0 Å². The van der Waals surface area contributed by atoms with Crippen LogP contribution in [0.4, 0.5) is 5.82 Å². The molecule has 2 aliphatic rings. The Hall–Kier alpha value is -1.66. The number of likely N-dealkylation sites (N-methyl/N-ethyl adjacent to an activating group) is 1. The number of nitrogens with one attached hydrogen (secondary N) is 1. The number of anilines is 1. The topological polar surface area (TPSA) is 57.7 Å². The van der Waals surface area contributed by atoms with Crippen molar-refractivity contribution in [2.75, 3.05) is 44.7 Å². The molecule has 2 saturated heterocycles. The average molecular weight is 332 g/mol. The van der Waals surface area contributed by atoms with Gasteiger partial charge in [-0.15, -0.1) is 0 Å². The fourth-order valence-corrected chi connectivity index (χ4v) is 3.43. The van der Waals surface area contributed by atoms with E-state index in [4.69, 9.17) is 4.74 Å². The van der Waals surface area contributed by atoms with Crippen molar-refractivity contribution >= 4 is 11.7 Å². The van der Waals surface area contributed by atoms with Crippen LogP contribution < -0.4 is 10.2 Å². The quantitative estimate of drug-likeness (QED) is 0.903. The van der Waals surface area contributed by atoms with E-state index in [9.17, 15) is 4.79 Å². The predicted molar refractivity (Wildman–Crippen MR) is 94.0 cm³/mol. The Morgan fingerprint density at radius 1 is 1.33 bits per heavy atom. The number of hydrogen-bond acceptors (Lipinski definition) is 5. The van der Waals surface area contributed by atoms with Crippen molar-refractivity contribution < 1.29 is 9.53 Å². The molecular formula is C18H28N4O2.